The van der Waals surface area contributed by atoms with Crippen LogP contribution in [0.2, 0.25) is 0 Å². The molecule has 2 heterocycles. The van der Waals surface area contributed by atoms with E-state index < -0.39 is 119 Å². The zero-order valence-electron chi connectivity index (χ0n) is 46.2. The van der Waals surface area contributed by atoms with Gasteiger partial charge in [-0.05, 0) is 61.8 Å². The third kappa shape index (κ3) is 19.7. The van der Waals surface area contributed by atoms with E-state index in [1.165, 1.54) is 26.4 Å². The molecule has 0 bridgehead atoms. The van der Waals surface area contributed by atoms with Crippen molar-refractivity contribution in [3.8, 4) is 0 Å². The van der Waals surface area contributed by atoms with E-state index in [9.17, 15) is 47.9 Å². The first-order valence-electron chi connectivity index (χ1n) is 27.0. The summed E-state index contributed by atoms with van der Waals surface area (Å²) in [4.78, 5) is 146. The molecule has 0 saturated heterocycles. The molecule has 24 nitrogen and oxygen atoms in total. The van der Waals surface area contributed by atoms with E-state index in [0.29, 0.717) is 23.2 Å². The quantitative estimate of drug-likeness (QED) is 0.0271. The Hall–Kier alpha value is -8.93. The zero-order chi connectivity index (χ0) is 59.2. The molecule has 5 aromatic rings. The van der Waals surface area contributed by atoms with E-state index in [0.717, 1.165) is 22.9 Å². The molecule has 24 heteroatoms. The number of H-pyrrole nitrogens is 2. The van der Waals surface area contributed by atoms with Gasteiger partial charge in [0.1, 0.15) is 48.3 Å². The molecule has 0 spiro atoms. The molecule has 5 rings (SSSR count). The number of carbonyl (C=O) groups is 10. The molecule has 0 aliphatic heterocycles. The molecule has 434 valence electrons. The Labute approximate surface area is 469 Å². The largest absolute Gasteiger partial charge is 0.370 e. The van der Waals surface area contributed by atoms with Gasteiger partial charge in [-0.3, -0.25) is 47.9 Å². The zero-order valence-corrected chi connectivity index (χ0v) is 46.2. The third-order valence-electron chi connectivity index (χ3n) is 13.5. The highest BCUT2D eigenvalue weighted by Gasteiger charge is 2.35. The number of hydrogen-bond donors (Lipinski definition) is 13. The van der Waals surface area contributed by atoms with Crippen LogP contribution in [0.25, 0.3) is 10.9 Å². The van der Waals surface area contributed by atoms with E-state index >= 15 is 0 Å². The van der Waals surface area contributed by atoms with Crippen LogP contribution in [0.1, 0.15) is 89.1 Å². The topological polar surface area (TPSA) is 389 Å². The van der Waals surface area contributed by atoms with E-state index in [1.54, 1.807) is 80.7 Å². The molecule has 0 aliphatic carbocycles. The minimum Gasteiger partial charge on any atom is -0.370 e. The average molecular weight is 1120 g/mol. The molecule has 9 atom stereocenters. The number of imidazole rings is 1. The lowest BCUT2D eigenvalue weighted by molar-refractivity contribution is -0.136. The number of aromatic nitrogens is 3. The van der Waals surface area contributed by atoms with Crippen LogP contribution < -0.4 is 59.7 Å². The summed E-state index contributed by atoms with van der Waals surface area (Å²) in [7, 11) is 0. The van der Waals surface area contributed by atoms with E-state index in [2.05, 4.69) is 57.5 Å². The Balaban J connectivity index is 1.27. The SMILES string of the molecule is CCCC[C@H](NC(=O)[C@H](Cc1ccccc1)NC(=O)[C@H](Cc1cnc[nH]1)NC(=O)[C@H](C)NC(=O)[C@@H](NC(=O)[C@H](C)NC(=O)[C@H](Cc1c[nH]c2ccccc12)NC(=O)[C@H](CCC(N)=O)NC(=O)[C@H](N)Cc1ccccc1)C(C)C)C(N)=O. The van der Waals surface area contributed by atoms with Crippen molar-refractivity contribution in [1.29, 1.82) is 0 Å². The number of nitrogens with two attached hydrogens (primary N) is 3. The van der Waals surface area contributed by atoms with Crippen LogP contribution in [0.5, 0.6) is 0 Å². The fourth-order valence-electron chi connectivity index (χ4n) is 8.78. The number of hydrogen-bond acceptors (Lipinski definition) is 12. The Morgan fingerprint density at radius 3 is 1.60 bits per heavy atom. The van der Waals surface area contributed by atoms with Gasteiger partial charge in [-0.1, -0.05) is 112 Å². The maximum atomic E-state index is 14.3. The molecule has 81 heavy (non-hydrogen) atoms. The number of rotatable bonds is 32. The molecular formula is C57H76N14O10. The minimum atomic E-state index is -1.36. The normalized spacial score (nSPS) is 14.5. The predicted octanol–water partition coefficient (Wildman–Crippen LogP) is 0.00410. The van der Waals surface area contributed by atoms with Crippen molar-refractivity contribution >= 4 is 70.0 Å². The van der Waals surface area contributed by atoms with Crippen LogP contribution >= 0.6 is 0 Å². The lowest BCUT2D eigenvalue weighted by Gasteiger charge is -2.28. The van der Waals surface area contributed by atoms with Gasteiger partial charge in [-0.2, -0.15) is 0 Å². The number of nitrogens with zero attached hydrogens (tertiary/aromatic N) is 1. The first-order valence-corrected chi connectivity index (χ1v) is 27.0. The van der Waals surface area contributed by atoms with Crippen LogP contribution in [0.15, 0.2) is 104 Å². The lowest BCUT2D eigenvalue weighted by Crippen LogP contribution is -2.61. The number of nitrogens with one attached hydrogen (secondary N) is 10. The van der Waals surface area contributed by atoms with Gasteiger partial charge in [0, 0.05) is 54.7 Å². The second-order valence-corrected chi connectivity index (χ2v) is 20.4. The van der Waals surface area contributed by atoms with E-state index in [1.807, 2.05) is 31.2 Å². The van der Waals surface area contributed by atoms with Crippen LogP contribution in [-0.4, -0.2) is 128 Å². The van der Waals surface area contributed by atoms with Gasteiger partial charge < -0.3 is 69.7 Å². The maximum Gasteiger partial charge on any atom is 0.243 e. The molecule has 3 aromatic carbocycles. The summed E-state index contributed by atoms with van der Waals surface area (Å²) in [5, 5.41) is 22.0. The van der Waals surface area contributed by atoms with Crippen molar-refractivity contribution in [2.24, 2.45) is 23.1 Å². The summed E-state index contributed by atoms with van der Waals surface area (Å²) >= 11 is 0. The van der Waals surface area contributed by atoms with Crippen molar-refractivity contribution in [2.45, 2.75) is 147 Å². The van der Waals surface area contributed by atoms with Crippen molar-refractivity contribution in [3.63, 3.8) is 0 Å². The summed E-state index contributed by atoms with van der Waals surface area (Å²) in [6.45, 7) is 7.96. The standard InChI is InChI=1S/C57H76N14O10/c1-6-7-21-42(49(60)73)66-55(79)44(26-36-18-12-9-13-19-36)69-56(80)46(28-38-30-61-31-63-38)68-50(74)33(4)65-57(81)48(32(2)3)71-51(75)34(5)64-54(78)45(27-37-29-62-41-22-15-14-20-39(37)41)70-53(77)43(23-24-47(59)72)67-52(76)40(58)25-35-16-10-8-11-17-35/h8-20,22,29-34,40,42-46,48,62H,6-7,21,23-28,58H2,1-5H3,(H2,59,72)(H2,60,73)(H,61,63)(H,64,78)(H,65,81)(H,66,79)(H,67,76)(H,68,74)(H,69,80)(H,70,77)(H,71,75)/t33-,34-,40+,42-,43-,44-,45-,46-,48-/m0/s1. The molecular weight excluding hydrogens is 1040 g/mol. The van der Waals surface area contributed by atoms with Crippen molar-refractivity contribution in [1.82, 2.24) is 57.5 Å². The molecule has 0 saturated carbocycles. The second kappa shape index (κ2) is 31.0. The monoisotopic (exact) mass is 1120 g/mol. The third-order valence-corrected chi connectivity index (χ3v) is 13.5. The molecule has 0 fully saturated rings. The van der Waals surface area contributed by atoms with Crippen molar-refractivity contribution in [3.05, 3.63) is 126 Å². The molecule has 0 radical (unpaired) electrons. The Morgan fingerprint density at radius 1 is 0.519 bits per heavy atom. The van der Waals surface area contributed by atoms with E-state index in [-0.39, 0.29) is 44.9 Å². The van der Waals surface area contributed by atoms with Crippen molar-refractivity contribution in [2.75, 3.05) is 0 Å². The van der Waals surface area contributed by atoms with Crippen LogP contribution in [-0.2, 0) is 73.6 Å². The number of carbonyl (C=O) groups excluding carboxylic acids is 10. The Morgan fingerprint density at radius 2 is 1.02 bits per heavy atom. The number of fused-ring (bicyclic) bond motifs is 1. The summed E-state index contributed by atoms with van der Waals surface area (Å²) < 4.78 is 0. The summed E-state index contributed by atoms with van der Waals surface area (Å²) in [5.74, 6) is -8.19. The number of unbranched alkanes of at least 4 members (excludes halogenated alkanes) is 1. The van der Waals surface area contributed by atoms with Crippen molar-refractivity contribution < 1.29 is 47.9 Å². The Bertz CT molecular complexity index is 2940. The highest BCUT2D eigenvalue weighted by atomic mass is 16.2. The van der Waals surface area contributed by atoms with Gasteiger partial charge in [0.05, 0.1) is 12.4 Å². The smallest absolute Gasteiger partial charge is 0.243 e. The highest BCUT2D eigenvalue weighted by Crippen LogP contribution is 2.20. The van der Waals surface area contributed by atoms with Crippen LogP contribution in [0.3, 0.4) is 0 Å². The minimum absolute atomic E-state index is 0.0226. The van der Waals surface area contributed by atoms with Gasteiger partial charge >= 0.3 is 0 Å². The van der Waals surface area contributed by atoms with Crippen LogP contribution in [0.4, 0.5) is 0 Å². The summed E-state index contributed by atoms with van der Waals surface area (Å²) in [6.07, 6.45) is 5.59. The molecule has 0 unspecified atom stereocenters. The summed E-state index contributed by atoms with van der Waals surface area (Å²) in [6, 6.07) is 13.9. The maximum absolute atomic E-state index is 14.3. The predicted molar refractivity (Wildman–Crippen MR) is 301 cm³/mol. The number of aromatic amines is 2. The Kier molecular flexibility index (Phi) is 24.1. The number of amides is 10. The molecule has 16 N–H and O–H groups in total. The first-order chi connectivity index (χ1) is 38.6. The van der Waals surface area contributed by atoms with E-state index in [4.69, 9.17) is 17.2 Å². The number of para-hydroxylation sites is 1. The number of primary amides is 2. The molecule has 2 aromatic heterocycles. The lowest BCUT2D eigenvalue weighted by atomic mass is 10.0. The number of benzene rings is 3. The van der Waals surface area contributed by atoms with Gasteiger partial charge in [-0.25, -0.2) is 4.98 Å². The second-order valence-electron chi connectivity index (χ2n) is 20.4. The highest BCUT2D eigenvalue weighted by molar-refractivity contribution is 5.98. The van der Waals surface area contributed by atoms with Crippen LogP contribution in [0, 0.1) is 5.92 Å². The fourth-order valence-corrected chi connectivity index (χ4v) is 8.78. The van der Waals surface area contributed by atoms with Gasteiger partial charge in [-0.15, -0.1) is 0 Å². The van der Waals surface area contributed by atoms with Gasteiger partial charge in [0.25, 0.3) is 0 Å². The fraction of sp³-hybridized carbons (Fsp3) is 0.421. The first kappa shape index (κ1) is 62.9. The van der Waals surface area contributed by atoms with Gasteiger partial charge in [0.2, 0.25) is 59.1 Å². The summed E-state index contributed by atoms with van der Waals surface area (Å²) in [5.41, 5.74) is 20.6. The average Bonchev–Trinajstić information content (AvgIpc) is 4.11. The molecule has 10 amide bonds. The van der Waals surface area contributed by atoms with Gasteiger partial charge in [0.15, 0.2) is 0 Å². The molecule has 0 aliphatic rings.